The van der Waals surface area contributed by atoms with E-state index in [0.717, 1.165) is 0 Å². The summed E-state index contributed by atoms with van der Waals surface area (Å²) in [6.45, 7) is 30.8. The van der Waals surface area contributed by atoms with Crippen molar-refractivity contribution in [1.82, 2.24) is 0 Å². The van der Waals surface area contributed by atoms with Crippen molar-refractivity contribution in [3.63, 3.8) is 0 Å². The van der Waals surface area contributed by atoms with Crippen molar-refractivity contribution in [2.75, 3.05) is 38.0 Å². The molecule has 224 valence electrons. The first-order valence-corrected chi connectivity index (χ1v) is 22.0. The molecule has 2 rings (SSSR count). The third-order valence-corrected chi connectivity index (χ3v) is 46.7. The van der Waals surface area contributed by atoms with Gasteiger partial charge in [0.1, 0.15) is 0 Å². The summed E-state index contributed by atoms with van der Waals surface area (Å²) in [4.78, 5) is 4.74. The third-order valence-electron chi connectivity index (χ3n) is 7.67. The second-order valence-corrected chi connectivity index (χ2v) is 35.8. The van der Waals surface area contributed by atoms with Gasteiger partial charge in [-0.25, -0.2) is 0 Å². The summed E-state index contributed by atoms with van der Waals surface area (Å²) in [6.07, 6.45) is 0. The largest absolute Gasteiger partial charge is 0.147 e. The van der Waals surface area contributed by atoms with Gasteiger partial charge < -0.3 is 0 Å². The quantitative estimate of drug-likeness (QED) is 0.223. The van der Waals surface area contributed by atoms with E-state index in [-0.39, 0.29) is 33.0 Å². The zero-order chi connectivity index (χ0) is 28.8. The van der Waals surface area contributed by atoms with E-state index in [0.29, 0.717) is 17.0 Å². The zero-order valence-corrected chi connectivity index (χ0v) is 31.6. The van der Waals surface area contributed by atoms with Crippen LogP contribution in [0.2, 0.25) is 0 Å². The number of rotatable bonds is 6. The molecule has 0 fully saturated rings. The summed E-state index contributed by atoms with van der Waals surface area (Å²) in [5.41, 5.74) is -1.61. The standard InChI is InChI=1S/2C16H28NP.ClH.Pd/c2*1-15(2,3)18(16(4,5)6)14-12-10-9-11-13(14)17(7)8;;/h2*9-12H,1-8H3;1H;/q;;;-2/p+2. The number of halogens is 1. The minimum absolute atomic E-state index is 0. The van der Waals surface area contributed by atoms with Gasteiger partial charge in [0.15, 0.2) is 0 Å². The molecule has 0 amide bonds. The van der Waals surface area contributed by atoms with E-state index in [1.807, 2.05) is 0 Å². The Hall–Kier alpha value is -0.148. The summed E-state index contributed by atoms with van der Waals surface area (Å²) in [5.74, 6) is 0. The molecule has 6 heteroatoms. The molecule has 0 aliphatic heterocycles. The van der Waals surface area contributed by atoms with E-state index >= 15 is 0 Å². The van der Waals surface area contributed by atoms with E-state index in [9.17, 15) is 0 Å². The Labute approximate surface area is 251 Å². The summed E-state index contributed by atoms with van der Waals surface area (Å²) in [7, 11) is 8.92. The molecule has 0 aliphatic carbocycles. The van der Waals surface area contributed by atoms with Gasteiger partial charge in [-0.3, -0.25) is 0 Å². The van der Waals surface area contributed by atoms with Crippen molar-refractivity contribution < 1.29 is 17.0 Å². The van der Waals surface area contributed by atoms with Crippen LogP contribution in [0.15, 0.2) is 48.5 Å². The van der Waals surface area contributed by atoms with Gasteiger partial charge in [0.25, 0.3) is 0 Å². The van der Waals surface area contributed by atoms with Gasteiger partial charge in [0, 0.05) is 0 Å². The summed E-state index contributed by atoms with van der Waals surface area (Å²) < 4.78 is 0. The first kappa shape index (κ1) is 35.9. The molecule has 0 radical (unpaired) electrons. The van der Waals surface area contributed by atoms with Crippen LogP contribution in [0.3, 0.4) is 0 Å². The van der Waals surface area contributed by atoms with Crippen LogP contribution in [0.5, 0.6) is 0 Å². The van der Waals surface area contributed by atoms with Crippen LogP contribution in [-0.2, 0) is 17.0 Å². The minimum atomic E-state index is -2.23. The Kier molecular flexibility index (Phi) is 11.3. The third kappa shape index (κ3) is 6.19. The second-order valence-electron chi connectivity index (χ2n) is 15.1. The van der Waals surface area contributed by atoms with Gasteiger partial charge in [-0.15, -0.1) is 12.4 Å². The number of benzene rings is 2. The number of nitrogens with zero attached hydrogens (tertiary/aromatic N) is 2. The molecule has 0 N–H and O–H groups in total. The van der Waals surface area contributed by atoms with E-state index in [4.69, 9.17) is 0 Å². The number of anilines is 2. The SMILES string of the molecule is CN(C)c1ccccc1[PH]([Pd][PH](c1ccccc1N(C)C)(C(C)(C)C)C(C)(C)C)(C(C)(C)C)C(C)(C)C.Cl. The number of hydrogen-bond donors (Lipinski definition) is 0. The Morgan fingerprint density at radius 3 is 0.921 bits per heavy atom. The van der Waals surface area contributed by atoms with Crippen LogP contribution < -0.4 is 20.4 Å². The van der Waals surface area contributed by atoms with Gasteiger partial charge in [0.2, 0.25) is 0 Å². The fraction of sp³-hybridized carbons (Fsp3) is 0.625. The first-order chi connectivity index (χ1) is 16.6. The molecule has 2 nitrogen and oxygen atoms in total. The summed E-state index contributed by atoms with van der Waals surface area (Å²) in [6, 6.07) is 18.8. The molecule has 0 heterocycles. The zero-order valence-electron chi connectivity index (χ0n) is 27.2. The Morgan fingerprint density at radius 2 is 0.711 bits per heavy atom. The average Bonchev–Trinajstić information content (AvgIpc) is 2.70. The molecular formula is C32H59ClN2P2Pd. The molecule has 0 saturated carbocycles. The monoisotopic (exact) mass is 674 g/mol. The summed E-state index contributed by atoms with van der Waals surface area (Å²) >= 11 is 0.601. The van der Waals surface area contributed by atoms with Crippen LogP contribution in [0, 0.1) is 0 Å². The van der Waals surface area contributed by atoms with Gasteiger partial charge in [-0.05, 0) is 0 Å². The van der Waals surface area contributed by atoms with E-state index in [2.05, 4.69) is 170 Å². The van der Waals surface area contributed by atoms with Crippen molar-refractivity contribution >= 4 is 45.3 Å². The molecular weight excluding hydrogens is 616 g/mol. The Morgan fingerprint density at radius 1 is 0.474 bits per heavy atom. The van der Waals surface area contributed by atoms with Crippen molar-refractivity contribution in [3.05, 3.63) is 48.5 Å². The molecule has 0 saturated heterocycles. The maximum absolute atomic E-state index is 2.57. The topological polar surface area (TPSA) is 6.48 Å². The molecule has 0 atom stereocenters. The van der Waals surface area contributed by atoms with E-state index < -0.39 is 10.9 Å². The van der Waals surface area contributed by atoms with Crippen molar-refractivity contribution in [3.8, 4) is 0 Å². The van der Waals surface area contributed by atoms with Gasteiger partial charge >= 0.3 is 240 Å². The molecule has 2 aromatic rings. The first-order valence-electron chi connectivity index (χ1n) is 13.7. The predicted octanol–water partition coefficient (Wildman–Crippen LogP) is 8.80. The maximum atomic E-state index is 2.57. The van der Waals surface area contributed by atoms with Crippen LogP contribution in [0.1, 0.15) is 83.1 Å². The second kappa shape index (κ2) is 12.0. The molecule has 0 aromatic heterocycles. The normalized spacial score (nSPS) is 14.6. The fourth-order valence-electron chi connectivity index (χ4n) is 6.89. The molecule has 2 aromatic carbocycles. The number of para-hydroxylation sites is 2. The molecule has 0 aliphatic rings. The smallest absolute Gasteiger partial charge is 0.147 e. The van der Waals surface area contributed by atoms with Gasteiger partial charge in [-0.1, -0.05) is 0 Å². The number of hydrogen-bond acceptors (Lipinski definition) is 2. The van der Waals surface area contributed by atoms with Crippen LogP contribution in [-0.4, -0.2) is 48.8 Å². The van der Waals surface area contributed by atoms with Gasteiger partial charge in [-0.2, -0.15) is 0 Å². The molecule has 0 unspecified atom stereocenters. The van der Waals surface area contributed by atoms with Crippen LogP contribution in [0.25, 0.3) is 0 Å². The fourth-order valence-corrected chi connectivity index (χ4v) is 57.0. The van der Waals surface area contributed by atoms with Crippen LogP contribution in [0.4, 0.5) is 11.4 Å². The van der Waals surface area contributed by atoms with Crippen LogP contribution >= 0.6 is 23.3 Å². The molecule has 0 spiro atoms. The van der Waals surface area contributed by atoms with Crippen molar-refractivity contribution in [2.45, 2.75) is 104 Å². The Bertz CT molecular complexity index is 957. The molecule has 38 heavy (non-hydrogen) atoms. The van der Waals surface area contributed by atoms with Crippen molar-refractivity contribution in [2.24, 2.45) is 0 Å². The molecule has 0 bridgehead atoms. The van der Waals surface area contributed by atoms with E-state index in [1.165, 1.54) is 11.4 Å². The predicted molar refractivity (Wildman–Crippen MR) is 184 cm³/mol. The van der Waals surface area contributed by atoms with E-state index in [1.54, 1.807) is 10.6 Å². The maximum Gasteiger partial charge on any atom is -0.147 e. The summed E-state index contributed by atoms with van der Waals surface area (Å²) in [5, 5.41) is 4.06. The van der Waals surface area contributed by atoms with Crippen molar-refractivity contribution in [1.29, 1.82) is 0 Å². The Balaban J connectivity index is 0.00000722. The average molecular weight is 676 g/mol. The van der Waals surface area contributed by atoms with Gasteiger partial charge in [0.05, 0.1) is 0 Å². The minimum Gasteiger partial charge on any atom is -0.147 e.